The summed E-state index contributed by atoms with van der Waals surface area (Å²) in [5.74, 6) is 0. The molecule has 0 spiro atoms. The van der Waals surface area contributed by atoms with Crippen LogP contribution in [0.15, 0.2) is 0 Å². The van der Waals surface area contributed by atoms with Gasteiger partial charge < -0.3 is 9.47 Å². The Morgan fingerprint density at radius 1 is 1.17 bits per heavy atom. The molecule has 1 fully saturated rings. The van der Waals surface area contributed by atoms with E-state index < -0.39 is 0 Å². The third-order valence-corrected chi connectivity index (χ3v) is 3.89. The second-order valence-electron chi connectivity index (χ2n) is 4.88. The van der Waals surface area contributed by atoms with Gasteiger partial charge in [-0.15, -0.1) is 4.65 Å². The van der Waals surface area contributed by atoms with Crippen molar-refractivity contribution in [1.82, 2.24) is 0 Å². The first kappa shape index (κ1) is 15.9. The highest BCUT2D eigenvalue weighted by Gasteiger charge is 2.55. The Morgan fingerprint density at radius 3 is 2.50 bits per heavy atom. The van der Waals surface area contributed by atoms with Gasteiger partial charge in [0.25, 0.3) is 5.72 Å². The largest absolute Gasteiger partial charge is 0.366 e. The predicted octanol–water partition coefficient (Wildman–Crippen LogP) is 2.73. The van der Waals surface area contributed by atoms with Gasteiger partial charge in [-0.1, -0.05) is 13.3 Å². The van der Waals surface area contributed by atoms with Gasteiger partial charge in [0.2, 0.25) is 0 Å². The molecule has 1 aliphatic rings. The molecule has 1 saturated heterocycles. The fourth-order valence-corrected chi connectivity index (χ4v) is 2.96. The molecule has 1 rings (SSSR count). The molecule has 4 heteroatoms. The number of likely N-dealkylation sites (N-methyl/N-ethyl adjacent to an activating group) is 1. The van der Waals surface area contributed by atoms with E-state index in [0.717, 1.165) is 39.1 Å². The normalized spacial score (nSPS) is 32.7. The molecule has 0 aromatic rings. The highest BCUT2D eigenvalue weighted by atomic mass is 16.8. The quantitative estimate of drug-likeness (QED) is 0.628. The molecule has 2 unspecified atom stereocenters. The van der Waals surface area contributed by atoms with Gasteiger partial charge in [-0.3, -0.25) is 0 Å². The van der Waals surface area contributed by atoms with Crippen molar-refractivity contribution in [2.45, 2.75) is 52.7 Å². The van der Waals surface area contributed by atoms with Gasteiger partial charge in [0.05, 0.1) is 13.2 Å². The number of morpholine rings is 1. The van der Waals surface area contributed by atoms with Gasteiger partial charge in [-0.25, -0.2) is 4.84 Å². The molecule has 1 heterocycles. The van der Waals surface area contributed by atoms with Crippen molar-refractivity contribution in [3.05, 3.63) is 0 Å². The van der Waals surface area contributed by atoms with E-state index in [-0.39, 0.29) is 5.72 Å². The Labute approximate surface area is 112 Å². The Morgan fingerprint density at radius 2 is 1.94 bits per heavy atom. The van der Waals surface area contributed by atoms with E-state index in [0.29, 0.717) is 17.9 Å². The van der Waals surface area contributed by atoms with Crippen LogP contribution in [-0.4, -0.2) is 49.9 Å². The average molecular weight is 260 g/mol. The van der Waals surface area contributed by atoms with E-state index in [2.05, 4.69) is 27.7 Å². The number of rotatable bonds is 8. The van der Waals surface area contributed by atoms with Gasteiger partial charge >= 0.3 is 0 Å². The molecule has 0 amide bonds. The summed E-state index contributed by atoms with van der Waals surface area (Å²) in [6.45, 7) is 13.2. The van der Waals surface area contributed by atoms with Crippen molar-refractivity contribution in [3.8, 4) is 0 Å². The zero-order valence-electron chi connectivity index (χ0n) is 12.5. The van der Waals surface area contributed by atoms with Gasteiger partial charge in [-0.2, -0.15) is 0 Å². The molecule has 108 valence electrons. The average Bonchev–Trinajstić information content (AvgIpc) is 2.39. The summed E-state index contributed by atoms with van der Waals surface area (Å²) < 4.78 is 12.5. The lowest BCUT2D eigenvalue weighted by atomic mass is 10.0. The molecule has 0 N–H and O–H groups in total. The summed E-state index contributed by atoms with van der Waals surface area (Å²) in [6.07, 6.45) is 3.33. The van der Waals surface area contributed by atoms with E-state index in [1.54, 1.807) is 0 Å². The van der Waals surface area contributed by atoms with Crippen LogP contribution in [0.25, 0.3) is 0 Å². The van der Waals surface area contributed by atoms with Gasteiger partial charge in [0.15, 0.2) is 0 Å². The Kier molecular flexibility index (Phi) is 6.57. The van der Waals surface area contributed by atoms with E-state index in [9.17, 15) is 0 Å². The summed E-state index contributed by atoms with van der Waals surface area (Å²) >= 11 is 0. The van der Waals surface area contributed by atoms with Crippen LogP contribution < -0.4 is 0 Å². The number of nitrogens with zero attached hydrogens (tertiary/aromatic N) is 1. The Hall–Kier alpha value is -0.160. The van der Waals surface area contributed by atoms with E-state index >= 15 is 0 Å². The van der Waals surface area contributed by atoms with E-state index in [4.69, 9.17) is 14.3 Å². The Balaban J connectivity index is 2.97. The second kappa shape index (κ2) is 7.43. The number of hydroxylamine groups is 3. The minimum absolute atomic E-state index is 0.312. The molecule has 2 atom stereocenters. The molecular weight excluding hydrogens is 230 g/mol. The van der Waals surface area contributed by atoms with Gasteiger partial charge in [0.1, 0.15) is 26.3 Å². The lowest BCUT2D eigenvalue weighted by molar-refractivity contribution is -1.16. The topological polar surface area (TPSA) is 27.7 Å². The molecule has 0 bridgehead atoms. The van der Waals surface area contributed by atoms with E-state index in [1.165, 1.54) is 6.42 Å². The van der Waals surface area contributed by atoms with Crippen LogP contribution in [-0.2, 0) is 14.3 Å². The molecule has 18 heavy (non-hydrogen) atoms. The third-order valence-electron chi connectivity index (χ3n) is 3.89. The molecule has 0 radical (unpaired) electrons. The van der Waals surface area contributed by atoms with Crippen molar-refractivity contribution >= 4 is 0 Å². The van der Waals surface area contributed by atoms with E-state index in [1.807, 2.05) is 0 Å². The van der Waals surface area contributed by atoms with Crippen LogP contribution in [0.4, 0.5) is 0 Å². The molecule has 4 nitrogen and oxygen atoms in total. The highest BCUT2D eigenvalue weighted by molar-refractivity contribution is 4.73. The van der Waals surface area contributed by atoms with Crippen LogP contribution in [0.5, 0.6) is 0 Å². The van der Waals surface area contributed by atoms with Crippen LogP contribution in [0.1, 0.15) is 47.0 Å². The number of ether oxygens (including phenoxy) is 2. The number of unbranched alkanes of at least 4 members (excludes halogenated alkanes) is 1. The lowest BCUT2D eigenvalue weighted by Crippen LogP contribution is -2.71. The fourth-order valence-electron chi connectivity index (χ4n) is 2.96. The van der Waals surface area contributed by atoms with Crippen LogP contribution >= 0.6 is 0 Å². The van der Waals surface area contributed by atoms with Crippen molar-refractivity contribution in [1.29, 1.82) is 0 Å². The van der Waals surface area contributed by atoms with Crippen molar-refractivity contribution in [3.63, 3.8) is 0 Å². The van der Waals surface area contributed by atoms with Crippen LogP contribution in [0, 0.1) is 0 Å². The third kappa shape index (κ3) is 3.05. The summed E-state index contributed by atoms with van der Waals surface area (Å²) in [5.41, 5.74) is -0.312. The first-order chi connectivity index (χ1) is 8.70. The Bertz CT molecular complexity index is 229. The van der Waals surface area contributed by atoms with Crippen molar-refractivity contribution in [2.75, 3.05) is 39.5 Å². The first-order valence-electron chi connectivity index (χ1n) is 7.43. The first-order valence-corrected chi connectivity index (χ1v) is 7.43. The summed E-state index contributed by atoms with van der Waals surface area (Å²) in [5, 5.41) is 0. The number of quaternary nitrogens is 1. The SMILES string of the molecule is CCCCC1(OCC)COCC[N+]1(CC)OCC. The second-order valence-corrected chi connectivity index (χ2v) is 4.88. The highest BCUT2D eigenvalue weighted by Crippen LogP contribution is 2.35. The maximum Gasteiger partial charge on any atom is 0.257 e. The standard InChI is InChI=1S/C14H30NO3/c1-5-9-10-14(17-7-3)13-16-12-11-15(14,6-2)18-8-4/h5-13H2,1-4H3/q+1. The summed E-state index contributed by atoms with van der Waals surface area (Å²) in [6, 6.07) is 0. The molecular formula is C14H30NO3+. The monoisotopic (exact) mass is 260 g/mol. The molecule has 0 aliphatic carbocycles. The van der Waals surface area contributed by atoms with Crippen LogP contribution in [0.2, 0.25) is 0 Å². The maximum absolute atomic E-state index is 6.15. The molecule has 0 aromatic heterocycles. The summed E-state index contributed by atoms with van der Waals surface area (Å²) in [7, 11) is 0. The maximum atomic E-state index is 6.15. The lowest BCUT2D eigenvalue weighted by Gasteiger charge is -2.51. The molecule has 0 aromatic carbocycles. The number of hydrogen-bond acceptors (Lipinski definition) is 3. The predicted molar refractivity (Wildman–Crippen MR) is 72.0 cm³/mol. The van der Waals surface area contributed by atoms with Crippen molar-refractivity contribution < 1.29 is 19.0 Å². The fraction of sp³-hybridized carbons (Fsp3) is 1.00. The molecule has 0 saturated carbocycles. The minimum atomic E-state index is -0.312. The summed E-state index contributed by atoms with van der Waals surface area (Å²) in [4.78, 5) is 6.12. The van der Waals surface area contributed by atoms with Gasteiger partial charge in [-0.05, 0) is 27.2 Å². The zero-order chi connectivity index (χ0) is 13.5. The smallest absolute Gasteiger partial charge is 0.257 e. The van der Waals surface area contributed by atoms with Crippen molar-refractivity contribution in [2.24, 2.45) is 0 Å². The zero-order valence-corrected chi connectivity index (χ0v) is 12.5. The minimum Gasteiger partial charge on any atom is -0.366 e. The van der Waals surface area contributed by atoms with Gasteiger partial charge in [0, 0.05) is 6.42 Å². The molecule has 1 aliphatic heterocycles. The van der Waals surface area contributed by atoms with Crippen LogP contribution in [0.3, 0.4) is 0 Å². The number of hydrogen-bond donors (Lipinski definition) is 0.